The van der Waals surface area contributed by atoms with Crippen molar-refractivity contribution in [2.45, 2.75) is 20.8 Å². The van der Waals surface area contributed by atoms with Crippen LogP contribution < -0.4 is 5.32 Å². The minimum Gasteiger partial charge on any atom is -0.339 e. The lowest BCUT2D eigenvalue weighted by Crippen LogP contribution is -2.02. The number of anilines is 2. The van der Waals surface area contributed by atoms with Crippen LogP contribution >= 0.6 is 0 Å². The molecule has 1 N–H and O–H groups in total. The maximum absolute atomic E-state index is 4.84. The van der Waals surface area contributed by atoms with Crippen molar-refractivity contribution in [2.24, 2.45) is 0 Å². The molecule has 25 heavy (non-hydrogen) atoms. The normalized spacial score (nSPS) is 11.0. The van der Waals surface area contributed by atoms with E-state index in [1.54, 1.807) is 6.20 Å². The first-order valence-corrected chi connectivity index (χ1v) is 8.38. The van der Waals surface area contributed by atoms with E-state index in [0.717, 1.165) is 34.2 Å². The van der Waals surface area contributed by atoms with Crippen LogP contribution in [0.4, 0.5) is 11.5 Å². The van der Waals surface area contributed by atoms with E-state index in [1.165, 1.54) is 11.1 Å². The molecule has 0 spiro atoms. The van der Waals surface area contributed by atoms with Crippen LogP contribution in [-0.2, 0) is 0 Å². The van der Waals surface area contributed by atoms with Gasteiger partial charge in [0.1, 0.15) is 17.2 Å². The second-order valence-corrected chi connectivity index (χ2v) is 6.28. The molecule has 0 aliphatic heterocycles. The van der Waals surface area contributed by atoms with Gasteiger partial charge >= 0.3 is 0 Å². The zero-order chi connectivity index (χ0) is 17.4. The largest absolute Gasteiger partial charge is 0.339 e. The molecule has 3 aromatic heterocycles. The van der Waals surface area contributed by atoms with Gasteiger partial charge in [0, 0.05) is 17.6 Å². The summed E-state index contributed by atoms with van der Waals surface area (Å²) in [7, 11) is 0. The lowest BCUT2D eigenvalue weighted by molar-refractivity contribution is 1.09. The molecule has 0 atom stereocenters. The molecule has 1 aromatic carbocycles. The topological polar surface area (TPSA) is 42.2 Å². The molecule has 0 radical (unpaired) electrons. The third kappa shape index (κ3) is 2.66. The highest BCUT2D eigenvalue weighted by molar-refractivity contribution is 5.79. The maximum Gasteiger partial charge on any atom is 0.145 e. The number of nitrogens with zero attached hydrogens (tertiary/aromatic N) is 3. The smallest absolute Gasteiger partial charge is 0.145 e. The number of pyridine rings is 2. The lowest BCUT2D eigenvalue weighted by Gasteiger charge is -2.14. The number of benzene rings is 1. The van der Waals surface area contributed by atoms with Gasteiger partial charge in [-0.25, -0.2) is 4.98 Å². The molecule has 0 saturated heterocycles. The van der Waals surface area contributed by atoms with Gasteiger partial charge in [-0.15, -0.1) is 0 Å². The van der Waals surface area contributed by atoms with Crippen molar-refractivity contribution >= 4 is 17.2 Å². The first-order valence-electron chi connectivity index (χ1n) is 8.38. The molecule has 0 aliphatic rings. The fraction of sp³-hybridized carbons (Fsp3) is 0.143. The summed E-state index contributed by atoms with van der Waals surface area (Å²) in [5.41, 5.74) is 7.28. The molecule has 0 bridgehead atoms. The number of hydrogen-bond donors (Lipinski definition) is 1. The fourth-order valence-electron chi connectivity index (χ4n) is 3.18. The molecule has 4 heteroatoms. The molecule has 4 nitrogen and oxygen atoms in total. The van der Waals surface area contributed by atoms with E-state index in [4.69, 9.17) is 4.98 Å². The molecule has 0 saturated carbocycles. The van der Waals surface area contributed by atoms with Crippen LogP contribution in [0.5, 0.6) is 0 Å². The van der Waals surface area contributed by atoms with Crippen molar-refractivity contribution in [1.29, 1.82) is 0 Å². The highest BCUT2D eigenvalue weighted by atomic mass is 15.1. The maximum atomic E-state index is 4.84. The molecular formula is C21H20N4. The minimum atomic E-state index is 0.859. The minimum absolute atomic E-state index is 0.859. The zero-order valence-electron chi connectivity index (χ0n) is 14.6. The van der Waals surface area contributed by atoms with Gasteiger partial charge in [-0.1, -0.05) is 30.3 Å². The predicted molar refractivity (Wildman–Crippen MR) is 102 cm³/mol. The van der Waals surface area contributed by atoms with E-state index in [9.17, 15) is 0 Å². The summed E-state index contributed by atoms with van der Waals surface area (Å²) >= 11 is 0. The molecule has 4 aromatic rings. The zero-order valence-corrected chi connectivity index (χ0v) is 14.6. The Kier molecular flexibility index (Phi) is 3.73. The van der Waals surface area contributed by atoms with Gasteiger partial charge in [0.25, 0.3) is 0 Å². The lowest BCUT2D eigenvalue weighted by atomic mass is 10.1. The third-order valence-electron chi connectivity index (χ3n) is 4.47. The van der Waals surface area contributed by atoms with Crippen molar-refractivity contribution in [1.82, 2.24) is 14.4 Å². The summed E-state index contributed by atoms with van der Waals surface area (Å²) in [5.74, 6) is 0.948. The number of aryl methyl sites for hydroxylation is 3. The van der Waals surface area contributed by atoms with Crippen LogP contribution in [0.25, 0.3) is 17.0 Å². The number of para-hydroxylation sites is 1. The van der Waals surface area contributed by atoms with Gasteiger partial charge in [0.05, 0.1) is 5.69 Å². The Balaban J connectivity index is 1.98. The van der Waals surface area contributed by atoms with Crippen LogP contribution in [0, 0.1) is 20.8 Å². The van der Waals surface area contributed by atoms with Gasteiger partial charge in [0.15, 0.2) is 0 Å². The summed E-state index contributed by atoms with van der Waals surface area (Å²) in [6, 6.07) is 18.4. The van der Waals surface area contributed by atoms with E-state index >= 15 is 0 Å². The van der Waals surface area contributed by atoms with Crippen molar-refractivity contribution in [3.8, 4) is 11.4 Å². The summed E-state index contributed by atoms with van der Waals surface area (Å²) in [5, 5.41) is 3.63. The Morgan fingerprint density at radius 2 is 1.60 bits per heavy atom. The van der Waals surface area contributed by atoms with Crippen molar-refractivity contribution in [3.63, 3.8) is 0 Å². The van der Waals surface area contributed by atoms with Crippen molar-refractivity contribution < 1.29 is 0 Å². The van der Waals surface area contributed by atoms with E-state index in [1.807, 2.05) is 30.3 Å². The third-order valence-corrected chi connectivity index (χ3v) is 4.47. The number of hydrogen-bond acceptors (Lipinski definition) is 3. The number of fused-ring (bicyclic) bond motifs is 1. The van der Waals surface area contributed by atoms with Gasteiger partial charge in [-0.2, -0.15) is 0 Å². The van der Waals surface area contributed by atoms with Gasteiger partial charge < -0.3 is 5.32 Å². The van der Waals surface area contributed by atoms with Gasteiger partial charge in [0.2, 0.25) is 0 Å². The standard InChI is InChI=1S/C21H20N4/c1-14-8-6-9-15(2)19(14)24-21-20(17-11-4-5-13-22-17)23-18-12-7-10-16(3)25(18)21/h4-13,24H,1-3H3. The monoisotopic (exact) mass is 328 g/mol. The first-order chi connectivity index (χ1) is 12.1. The number of nitrogens with one attached hydrogen (secondary N) is 1. The molecule has 124 valence electrons. The van der Waals surface area contributed by atoms with Crippen LogP contribution in [-0.4, -0.2) is 14.4 Å². The second-order valence-electron chi connectivity index (χ2n) is 6.28. The van der Waals surface area contributed by atoms with Crippen LogP contribution in [0.2, 0.25) is 0 Å². The van der Waals surface area contributed by atoms with Crippen molar-refractivity contribution in [3.05, 3.63) is 77.6 Å². The molecule has 0 aliphatic carbocycles. The highest BCUT2D eigenvalue weighted by Crippen LogP contribution is 2.33. The van der Waals surface area contributed by atoms with E-state index in [-0.39, 0.29) is 0 Å². The average Bonchev–Trinajstić information content (AvgIpc) is 2.99. The summed E-state index contributed by atoms with van der Waals surface area (Å²) in [4.78, 5) is 9.34. The molecule has 0 amide bonds. The molecule has 4 rings (SSSR count). The summed E-state index contributed by atoms with van der Waals surface area (Å²) < 4.78 is 2.15. The predicted octanol–water partition coefficient (Wildman–Crippen LogP) is 5.07. The Bertz CT molecular complexity index is 1030. The molecular weight excluding hydrogens is 308 g/mol. The van der Waals surface area contributed by atoms with Crippen LogP contribution in [0.1, 0.15) is 16.8 Å². The number of rotatable bonds is 3. The van der Waals surface area contributed by atoms with E-state index in [0.29, 0.717) is 0 Å². The molecule has 0 unspecified atom stereocenters. The average molecular weight is 328 g/mol. The highest BCUT2D eigenvalue weighted by Gasteiger charge is 2.17. The molecule has 0 fully saturated rings. The molecule has 3 heterocycles. The summed E-state index contributed by atoms with van der Waals surface area (Å²) in [6.07, 6.45) is 1.80. The Morgan fingerprint density at radius 3 is 2.32 bits per heavy atom. The van der Waals surface area contributed by atoms with Crippen LogP contribution in [0.15, 0.2) is 60.8 Å². The van der Waals surface area contributed by atoms with Crippen molar-refractivity contribution in [2.75, 3.05) is 5.32 Å². The quantitative estimate of drug-likeness (QED) is 0.571. The number of imidazole rings is 1. The van der Waals surface area contributed by atoms with Crippen LogP contribution in [0.3, 0.4) is 0 Å². The van der Waals surface area contributed by atoms with Gasteiger partial charge in [-0.3, -0.25) is 9.38 Å². The Morgan fingerprint density at radius 1 is 0.840 bits per heavy atom. The first kappa shape index (κ1) is 15.4. The Labute approximate surface area is 147 Å². The van der Waals surface area contributed by atoms with Gasteiger partial charge in [-0.05, 0) is 56.2 Å². The SMILES string of the molecule is Cc1cccc(C)c1Nc1c(-c2ccccn2)nc2cccc(C)n12. The van der Waals surface area contributed by atoms with E-state index in [2.05, 4.69) is 59.7 Å². The Hall–Kier alpha value is -3.14. The van der Waals surface area contributed by atoms with E-state index < -0.39 is 0 Å². The number of aromatic nitrogens is 3. The summed E-state index contributed by atoms with van der Waals surface area (Å²) in [6.45, 7) is 6.32. The fourth-order valence-corrected chi connectivity index (χ4v) is 3.18. The second kappa shape index (κ2) is 6.06.